The Balaban J connectivity index is 1.61. The van der Waals surface area contributed by atoms with Crippen LogP contribution in [-0.2, 0) is 0 Å². The molecular weight excluding hydrogens is 573 g/mol. The zero-order valence-corrected chi connectivity index (χ0v) is 26.9. The summed E-state index contributed by atoms with van der Waals surface area (Å²) in [7, 11) is 0. The van der Waals surface area contributed by atoms with E-state index in [9.17, 15) is 0 Å². The first kappa shape index (κ1) is 29.4. The molecule has 0 aromatic heterocycles. The Kier molecular flexibility index (Phi) is 8.28. The third-order valence-electron chi connectivity index (χ3n) is 8.61. The number of thioether (sulfide) groups is 1. The quantitative estimate of drug-likeness (QED) is 0.107. The van der Waals surface area contributed by atoms with Crippen LogP contribution in [-0.4, -0.2) is 6.26 Å². The molecule has 0 fully saturated rings. The highest BCUT2D eigenvalue weighted by Gasteiger charge is 2.20. The highest BCUT2D eigenvalue weighted by Crippen LogP contribution is 2.45. The van der Waals surface area contributed by atoms with Gasteiger partial charge in [-0.05, 0) is 104 Å². The number of fused-ring (bicyclic) bond motifs is 3. The van der Waals surface area contributed by atoms with Crippen LogP contribution in [0.15, 0.2) is 162 Å². The van der Waals surface area contributed by atoms with Crippen LogP contribution in [0.3, 0.4) is 0 Å². The van der Waals surface area contributed by atoms with Crippen molar-refractivity contribution in [1.82, 2.24) is 0 Å². The number of hydrogen-bond donors (Lipinski definition) is 0. The predicted octanol–water partition coefficient (Wildman–Crippen LogP) is 12.9. The first-order chi connectivity index (χ1) is 22.7. The van der Waals surface area contributed by atoms with Gasteiger partial charge in [-0.3, -0.25) is 0 Å². The molecule has 0 atom stereocenters. The molecule has 46 heavy (non-hydrogen) atoms. The smallest absolute Gasteiger partial charge is 0.0249 e. The molecule has 1 heteroatoms. The second-order valence-electron chi connectivity index (χ2n) is 11.4. The molecule has 0 radical (unpaired) electrons. The standard InChI is InChI=1S/C45H34S/c1-4-13-32-16-12-17-34-24-22-31(2)23-25-35(26-28-37(32)34)44-40-20-10-11-21-41(40)45(43-30-36(46-3)27-29-42(43)44)39-19-9-8-18-38(39)33-14-6-5-7-15-33/h4-25,27-30H,2H2,1,3H3/b13-4-,24-22-,25-23-. The summed E-state index contributed by atoms with van der Waals surface area (Å²) in [5.41, 5.74) is 15.3. The molecule has 0 bridgehead atoms. The average Bonchev–Trinajstić information content (AvgIpc) is 3.10. The number of rotatable bonds is 5. The normalized spacial score (nSPS) is 14.4. The van der Waals surface area contributed by atoms with Gasteiger partial charge in [0.1, 0.15) is 0 Å². The molecule has 6 aromatic rings. The molecular formula is C45H34S. The van der Waals surface area contributed by atoms with Crippen LogP contribution in [0.4, 0.5) is 0 Å². The van der Waals surface area contributed by atoms with E-state index >= 15 is 0 Å². The van der Waals surface area contributed by atoms with Crippen molar-refractivity contribution >= 4 is 57.1 Å². The molecule has 0 saturated carbocycles. The number of allylic oxidation sites excluding steroid dienone is 6. The van der Waals surface area contributed by atoms with Crippen LogP contribution in [0.5, 0.6) is 0 Å². The highest BCUT2D eigenvalue weighted by atomic mass is 32.2. The van der Waals surface area contributed by atoms with E-state index in [1.54, 1.807) is 11.8 Å². The molecule has 0 unspecified atom stereocenters. The van der Waals surface area contributed by atoms with Crippen LogP contribution >= 0.6 is 11.8 Å². The van der Waals surface area contributed by atoms with Crippen molar-refractivity contribution in [3.8, 4) is 22.3 Å². The Morgan fingerprint density at radius 2 is 1.33 bits per heavy atom. The Hall–Kier alpha value is -5.33. The van der Waals surface area contributed by atoms with E-state index in [-0.39, 0.29) is 0 Å². The second kappa shape index (κ2) is 13.0. The summed E-state index contributed by atoms with van der Waals surface area (Å²) in [6.07, 6.45) is 17.1. The summed E-state index contributed by atoms with van der Waals surface area (Å²) < 4.78 is 0. The van der Waals surface area contributed by atoms with Gasteiger partial charge in [0.15, 0.2) is 0 Å². The van der Waals surface area contributed by atoms with Crippen LogP contribution in [0.1, 0.15) is 29.2 Å². The molecule has 1 aliphatic carbocycles. The average molecular weight is 607 g/mol. The Morgan fingerprint density at radius 3 is 2.11 bits per heavy atom. The predicted molar refractivity (Wildman–Crippen MR) is 204 cm³/mol. The first-order valence-electron chi connectivity index (χ1n) is 15.6. The molecule has 220 valence electrons. The van der Waals surface area contributed by atoms with E-state index in [0.717, 1.165) is 22.3 Å². The largest absolute Gasteiger partial charge is 0.130 e. The van der Waals surface area contributed by atoms with Gasteiger partial charge in [-0.1, -0.05) is 140 Å². The Bertz CT molecular complexity index is 2290. The van der Waals surface area contributed by atoms with E-state index in [1.807, 2.05) is 0 Å². The second-order valence-corrected chi connectivity index (χ2v) is 12.3. The summed E-state index contributed by atoms with van der Waals surface area (Å²) >= 11 is 1.78. The monoisotopic (exact) mass is 606 g/mol. The SMILES string of the molecule is C=C1/C=C\C(c2c3ccccc3c(-c3ccccc3-c3ccccc3)c3cc(SC)ccc23)=C=Cc2c(/C=C\C)cccc2/C=C\1. The van der Waals surface area contributed by atoms with Crippen molar-refractivity contribution in [2.45, 2.75) is 11.8 Å². The maximum absolute atomic E-state index is 4.35. The lowest BCUT2D eigenvalue weighted by Gasteiger charge is -2.20. The molecule has 0 spiro atoms. The summed E-state index contributed by atoms with van der Waals surface area (Å²) in [5.74, 6) is 0. The van der Waals surface area contributed by atoms with Crippen LogP contribution < -0.4 is 0 Å². The first-order valence-corrected chi connectivity index (χ1v) is 16.8. The van der Waals surface area contributed by atoms with Crippen molar-refractivity contribution in [2.75, 3.05) is 6.26 Å². The Labute approximate surface area is 276 Å². The lowest BCUT2D eigenvalue weighted by molar-refractivity contribution is 1.51. The lowest BCUT2D eigenvalue weighted by Crippen LogP contribution is -1.95. The number of hydrogen-bond acceptors (Lipinski definition) is 1. The molecule has 0 amide bonds. The minimum atomic E-state index is 0.940. The van der Waals surface area contributed by atoms with E-state index in [2.05, 4.69) is 183 Å². The molecule has 0 aliphatic heterocycles. The minimum Gasteiger partial charge on any atom is -0.130 e. The van der Waals surface area contributed by atoms with E-state index in [1.165, 1.54) is 59.8 Å². The van der Waals surface area contributed by atoms with E-state index < -0.39 is 0 Å². The van der Waals surface area contributed by atoms with Crippen molar-refractivity contribution in [1.29, 1.82) is 0 Å². The third kappa shape index (κ3) is 5.52. The molecule has 0 N–H and O–H groups in total. The third-order valence-corrected chi connectivity index (χ3v) is 9.34. The fourth-order valence-corrected chi connectivity index (χ4v) is 6.91. The van der Waals surface area contributed by atoms with Gasteiger partial charge in [-0.15, -0.1) is 17.5 Å². The van der Waals surface area contributed by atoms with Gasteiger partial charge < -0.3 is 0 Å². The van der Waals surface area contributed by atoms with Gasteiger partial charge in [0.2, 0.25) is 0 Å². The van der Waals surface area contributed by atoms with Gasteiger partial charge in [0.05, 0.1) is 0 Å². The van der Waals surface area contributed by atoms with Crippen LogP contribution in [0.2, 0.25) is 0 Å². The molecule has 7 rings (SSSR count). The van der Waals surface area contributed by atoms with Crippen molar-refractivity contribution < 1.29 is 0 Å². The van der Waals surface area contributed by atoms with Gasteiger partial charge >= 0.3 is 0 Å². The molecule has 6 aromatic carbocycles. The highest BCUT2D eigenvalue weighted by molar-refractivity contribution is 7.98. The van der Waals surface area contributed by atoms with E-state index in [4.69, 9.17) is 0 Å². The van der Waals surface area contributed by atoms with Crippen molar-refractivity contribution in [2.24, 2.45) is 0 Å². The molecule has 0 nitrogen and oxygen atoms in total. The topological polar surface area (TPSA) is 0 Å². The van der Waals surface area contributed by atoms with Gasteiger partial charge in [0, 0.05) is 16.0 Å². The van der Waals surface area contributed by atoms with Crippen LogP contribution in [0.25, 0.3) is 67.6 Å². The van der Waals surface area contributed by atoms with Crippen molar-refractivity contribution in [3.05, 3.63) is 180 Å². The van der Waals surface area contributed by atoms with Crippen molar-refractivity contribution in [3.63, 3.8) is 0 Å². The zero-order chi connectivity index (χ0) is 31.5. The molecule has 1 aliphatic rings. The van der Waals surface area contributed by atoms with Gasteiger partial charge in [-0.25, -0.2) is 0 Å². The summed E-state index contributed by atoms with van der Waals surface area (Å²) in [5, 5.41) is 4.86. The summed E-state index contributed by atoms with van der Waals surface area (Å²) in [6, 6.07) is 41.7. The minimum absolute atomic E-state index is 0.940. The Morgan fingerprint density at radius 1 is 0.630 bits per heavy atom. The zero-order valence-electron chi connectivity index (χ0n) is 26.1. The maximum Gasteiger partial charge on any atom is 0.0249 e. The van der Waals surface area contributed by atoms with Gasteiger partial charge in [-0.2, -0.15) is 0 Å². The number of benzene rings is 6. The van der Waals surface area contributed by atoms with Gasteiger partial charge in [0.25, 0.3) is 0 Å². The summed E-state index contributed by atoms with van der Waals surface area (Å²) in [4.78, 5) is 1.24. The fourth-order valence-electron chi connectivity index (χ4n) is 6.47. The maximum atomic E-state index is 4.35. The fraction of sp³-hybridized carbons (Fsp3) is 0.0444. The summed E-state index contributed by atoms with van der Waals surface area (Å²) in [6.45, 7) is 6.40. The lowest BCUT2D eigenvalue weighted by atomic mass is 9.83. The molecule has 0 heterocycles. The molecule has 0 saturated heterocycles. The van der Waals surface area contributed by atoms with Crippen LogP contribution in [0, 0.1) is 0 Å². The van der Waals surface area contributed by atoms with E-state index in [0.29, 0.717) is 0 Å².